The Kier molecular flexibility index (Phi) is 2.28. The van der Waals surface area contributed by atoms with Gasteiger partial charge in [-0.15, -0.1) is 0 Å². The first-order chi connectivity index (χ1) is 7.86. The lowest BCUT2D eigenvalue weighted by Gasteiger charge is -2.18. The number of hydrogen-bond donors (Lipinski definition) is 0. The first-order valence-electron chi connectivity index (χ1n) is 6.06. The van der Waals surface area contributed by atoms with E-state index in [0.29, 0.717) is 0 Å². The van der Waals surface area contributed by atoms with Crippen LogP contribution in [0.2, 0.25) is 0 Å². The highest BCUT2D eigenvalue weighted by Gasteiger charge is 2.12. The Bertz CT molecular complexity index is 549. The summed E-state index contributed by atoms with van der Waals surface area (Å²) in [6.07, 6.45) is 7.09. The predicted molar refractivity (Wildman–Crippen MR) is 70.5 cm³/mol. The van der Waals surface area contributed by atoms with Crippen LogP contribution in [0.25, 0.3) is 16.8 Å². The maximum atomic E-state index is 2.36. The maximum Gasteiger partial charge on any atom is -0.0178 e. The number of hydrogen-bond acceptors (Lipinski definition) is 0. The number of fused-ring (bicyclic) bond motifs is 2. The summed E-state index contributed by atoms with van der Waals surface area (Å²) in [5.41, 5.74) is 2.91. The first-order valence-corrected chi connectivity index (χ1v) is 6.06. The van der Waals surface area contributed by atoms with Gasteiger partial charge in [0, 0.05) is 0 Å². The molecule has 0 aromatic heterocycles. The third-order valence-corrected chi connectivity index (χ3v) is 3.56. The normalized spacial score (nSPS) is 18.7. The summed E-state index contributed by atoms with van der Waals surface area (Å²) in [5, 5.41) is 2.72. The van der Waals surface area contributed by atoms with Crippen LogP contribution in [0, 0.1) is 5.92 Å². The van der Waals surface area contributed by atoms with Gasteiger partial charge in [0.05, 0.1) is 0 Å². The summed E-state index contributed by atoms with van der Waals surface area (Å²) < 4.78 is 0. The van der Waals surface area contributed by atoms with Crippen LogP contribution in [0.1, 0.15) is 24.5 Å². The Balaban J connectivity index is 2.16. The largest absolute Gasteiger partial charge is 0.0805 e. The van der Waals surface area contributed by atoms with Crippen molar-refractivity contribution in [1.82, 2.24) is 0 Å². The standard InChI is InChI=1S/C16H16/c1-2-12-7-8-15-10-13-5-3-4-6-14(13)11-16(15)9-12/h3-8,10-12H,2,9H2,1H3. The van der Waals surface area contributed by atoms with E-state index in [1.54, 1.807) is 0 Å². The first kappa shape index (κ1) is 9.65. The van der Waals surface area contributed by atoms with Crippen LogP contribution < -0.4 is 0 Å². The quantitative estimate of drug-likeness (QED) is 0.650. The lowest BCUT2D eigenvalue weighted by atomic mass is 9.87. The van der Waals surface area contributed by atoms with Crippen LogP contribution in [0.3, 0.4) is 0 Å². The van der Waals surface area contributed by atoms with Gasteiger partial charge in [0.15, 0.2) is 0 Å². The van der Waals surface area contributed by atoms with Crippen molar-refractivity contribution in [2.24, 2.45) is 5.92 Å². The molecular weight excluding hydrogens is 192 g/mol. The molecule has 1 atom stereocenters. The maximum absolute atomic E-state index is 2.36. The Labute approximate surface area is 96.6 Å². The summed E-state index contributed by atoms with van der Waals surface area (Å²) in [5.74, 6) is 0.730. The minimum Gasteiger partial charge on any atom is -0.0805 e. The zero-order chi connectivity index (χ0) is 11.0. The highest BCUT2D eigenvalue weighted by Crippen LogP contribution is 2.28. The summed E-state index contributed by atoms with van der Waals surface area (Å²) in [4.78, 5) is 0. The SMILES string of the molecule is CCC1C=Cc2cc3ccccc3cc2C1. The fourth-order valence-electron chi connectivity index (χ4n) is 2.51. The molecule has 2 aromatic carbocycles. The second-order valence-electron chi connectivity index (χ2n) is 4.63. The van der Waals surface area contributed by atoms with Gasteiger partial charge in [0.1, 0.15) is 0 Å². The lowest BCUT2D eigenvalue weighted by Crippen LogP contribution is -2.05. The van der Waals surface area contributed by atoms with Gasteiger partial charge >= 0.3 is 0 Å². The lowest BCUT2D eigenvalue weighted by molar-refractivity contribution is 0.621. The zero-order valence-corrected chi connectivity index (χ0v) is 9.61. The molecule has 2 aromatic rings. The van der Waals surface area contributed by atoms with E-state index < -0.39 is 0 Å². The van der Waals surface area contributed by atoms with E-state index >= 15 is 0 Å². The zero-order valence-electron chi connectivity index (χ0n) is 9.61. The minimum atomic E-state index is 0.730. The summed E-state index contributed by atoms with van der Waals surface area (Å²) >= 11 is 0. The summed E-state index contributed by atoms with van der Waals surface area (Å²) in [6.45, 7) is 2.26. The average Bonchev–Trinajstić information content (AvgIpc) is 2.35. The van der Waals surface area contributed by atoms with Crippen LogP contribution >= 0.6 is 0 Å². The molecular formula is C16H16. The minimum absolute atomic E-state index is 0.730. The van der Waals surface area contributed by atoms with Crippen molar-refractivity contribution in [2.75, 3.05) is 0 Å². The third kappa shape index (κ3) is 1.55. The molecule has 0 bridgehead atoms. The number of benzene rings is 2. The Hall–Kier alpha value is -1.56. The smallest absolute Gasteiger partial charge is 0.0178 e. The molecule has 0 saturated heterocycles. The molecule has 0 saturated carbocycles. The molecule has 1 aliphatic carbocycles. The van der Waals surface area contributed by atoms with E-state index in [4.69, 9.17) is 0 Å². The topological polar surface area (TPSA) is 0 Å². The molecule has 0 N–H and O–H groups in total. The van der Waals surface area contributed by atoms with Crippen LogP contribution in [0.15, 0.2) is 42.5 Å². The van der Waals surface area contributed by atoms with Crippen molar-refractivity contribution in [3.8, 4) is 0 Å². The molecule has 0 fully saturated rings. The van der Waals surface area contributed by atoms with Gasteiger partial charge in [0.2, 0.25) is 0 Å². The highest BCUT2D eigenvalue weighted by molar-refractivity contribution is 5.86. The second kappa shape index (κ2) is 3.79. The molecule has 0 spiro atoms. The van der Waals surface area contributed by atoms with E-state index in [-0.39, 0.29) is 0 Å². The van der Waals surface area contributed by atoms with Gasteiger partial charge in [-0.1, -0.05) is 49.4 Å². The van der Waals surface area contributed by atoms with Gasteiger partial charge in [-0.3, -0.25) is 0 Å². The van der Waals surface area contributed by atoms with Gasteiger partial charge < -0.3 is 0 Å². The van der Waals surface area contributed by atoms with Crippen molar-refractivity contribution in [3.63, 3.8) is 0 Å². The molecule has 0 heterocycles. The molecule has 0 aliphatic heterocycles. The molecule has 0 amide bonds. The van der Waals surface area contributed by atoms with Crippen LogP contribution in [-0.4, -0.2) is 0 Å². The summed E-state index contributed by atoms with van der Waals surface area (Å²) in [6, 6.07) is 13.3. The second-order valence-corrected chi connectivity index (χ2v) is 4.63. The van der Waals surface area contributed by atoms with Crippen molar-refractivity contribution < 1.29 is 0 Å². The van der Waals surface area contributed by atoms with E-state index in [1.165, 1.54) is 34.7 Å². The average molecular weight is 208 g/mol. The molecule has 1 aliphatic rings. The van der Waals surface area contributed by atoms with E-state index in [0.717, 1.165) is 5.92 Å². The van der Waals surface area contributed by atoms with Crippen molar-refractivity contribution >= 4 is 16.8 Å². The van der Waals surface area contributed by atoms with Gasteiger partial charge in [0.25, 0.3) is 0 Å². The molecule has 1 unspecified atom stereocenters. The molecule has 0 heteroatoms. The highest BCUT2D eigenvalue weighted by atomic mass is 14.2. The van der Waals surface area contributed by atoms with Crippen molar-refractivity contribution in [2.45, 2.75) is 19.8 Å². The Morgan fingerprint density at radius 2 is 1.88 bits per heavy atom. The number of rotatable bonds is 1. The van der Waals surface area contributed by atoms with Crippen molar-refractivity contribution in [1.29, 1.82) is 0 Å². The molecule has 0 nitrogen and oxygen atoms in total. The number of allylic oxidation sites excluding steroid dienone is 1. The van der Waals surface area contributed by atoms with Crippen molar-refractivity contribution in [3.05, 3.63) is 53.6 Å². The van der Waals surface area contributed by atoms with Gasteiger partial charge in [-0.2, -0.15) is 0 Å². The predicted octanol–water partition coefficient (Wildman–Crippen LogP) is 4.44. The van der Waals surface area contributed by atoms with Crippen LogP contribution in [-0.2, 0) is 6.42 Å². The Morgan fingerprint density at radius 1 is 1.12 bits per heavy atom. The molecule has 0 radical (unpaired) electrons. The van der Waals surface area contributed by atoms with Gasteiger partial charge in [-0.05, 0) is 46.7 Å². The third-order valence-electron chi connectivity index (χ3n) is 3.56. The Morgan fingerprint density at radius 3 is 2.62 bits per heavy atom. The fraction of sp³-hybridized carbons (Fsp3) is 0.250. The monoisotopic (exact) mass is 208 g/mol. The molecule has 3 rings (SSSR count). The van der Waals surface area contributed by atoms with Gasteiger partial charge in [-0.25, -0.2) is 0 Å². The fourth-order valence-corrected chi connectivity index (χ4v) is 2.51. The molecule has 16 heavy (non-hydrogen) atoms. The van der Waals surface area contributed by atoms with Crippen LogP contribution in [0.5, 0.6) is 0 Å². The summed E-state index contributed by atoms with van der Waals surface area (Å²) in [7, 11) is 0. The van der Waals surface area contributed by atoms with E-state index in [9.17, 15) is 0 Å². The van der Waals surface area contributed by atoms with Crippen LogP contribution in [0.4, 0.5) is 0 Å². The van der Waals surface area contributed by atoms with E-state index in [2.05, 4.69) is 55.5 Å². The van der Waals surface area contributed by atoms with E-state index in [1.807, 2.05) is 0 Å². The molecule has 80 valence electrons.